The van der Waals surface area contributed by atoms with Crippen molar-refractivity contribution in [3.05, 3.63) is 46.2 Å². The van der Waals surface area contributed by atoms with Gasteiger partial charge in [-0.15, -0.1) is 0 Å². The van der Waals surface area contributed by atoms with Gasteiger partial charge in [0.25, 0.3) is 0 Å². The zero-order valence-electron chi connectivity index (χ0n) is 17.6. The Bertz CT molecular complexity index is 1210. The van der Waals surface area contributed by atoms with Gasteiger partial charge in [0.05, 0.1) is 17.7 Å². The summed E-state index contributed by atoms with van der Waals surface area (Å²) in [6, 6.07) is 5.87. The molecule has 1 fully saturated rings. The SMILES string of the molecule is [O-][S@+]1CCc2nc(N3CCc4c(cnc5cc(Cl)ccc45)C3)nc(NC3(CO)CCC3)c21. The number of fused-ring (bicyclic) bond motifs is 4. The Morgan fingerprint density at radius 2 is 2.12 bits per heavy atom. The lowest BCUT2D eigenvalue weighted by Crippen LogP contribution is -2.49. The largest absolute Gasteiger partial charge is 0.611 e. The third kappa shape index (κ3) is 3.32. The van der Waals surface area contributed by atoms with Crippen molar-refractivity contribution >= 4 is 45.4 Å². The third-order valence-corrected chi connectivity index (χ3v) is 8.67. The second-order valence-corrected chi connectivity index (χ2v) is 10.9. The van der Waals surface area contributed by atoms with Gasteiger partial charge in [-0.3, -0.25) is 4.98 Å². The Hall–Kier alpha value is -2.13. The van der Waals surface area contributed by atoms with Crippen LogP contribution in [0.2, 0.25) is 5.02 Å². The van der Waals surface area contributed by atoms with Crippen LogP contribution < -0.4 is 10.2 Å². The van der Waals surface area contributed by atoms with E-state index in [2.05, 4.69) is 21.3 Å². The van der Waals surface area contributed by atoms with E-state index in [0.717, 1.165) is 53.7 Å². The number of hydrogen-bond acceptors (Lipinski definition) is 7. The van der Waals surface area contributed by atoms with Crippen LogP contribution in [0.1, 0.15) is 36.1 Å². The van der Waals surface area contributed by atoms with Crippen LogP contribution in [0.3, 0.4) is 0 Å². The van der Waals surface area contributed by atoms with Crippen LogP contribution in [-0.4, -0.2) is 49.1 Å². The van der Waals surface area contributed by atoms with Crippen molar-refractivity contribution < 1.29 is 9.66 Å². The summed E-state index contributed by atoms with van der Waals surface area (Å²) in [5.74, 6) is 1.86. The maximum atomic E-state index is 12.7. The number of rotatable bonds is 4. The Morgan fingerprint density at radius 1 is 1.25 bits per heavy atom. The number of nitrogens with zero attached hydrogens (tertiary/aromatic N) is 4. The number of halogens is 1. The topological polar surface area (TPSA) is 97.2 Å². The third-order valence-electron chi connectivity index (χ3n) is 6.98. The minimum absolute atomic E-state index is 0.0492. The summed E-state index contributed by atoms with van der Waals surface area (Å²) < 4.78 is 12.7. The molecule has 3 aliphatic rings. The fraction of sp³-hybridized carbons (Fsp3) is 0.435. The molecule has 1 atom stereocenters. The van der Waals surface area contributed by atoms with E-state index in [9.17, 15) is 9.66 Å². The van der Waals surface area contributed by atoms with Crippen molar-refractivity contribution in [2.45, 2.75) is 49.1 Å². The normalized spacial score (nSPS) is 21.2. The van der Waals surface area contributed by atoms with Crippen molar-refractivity contribution in [3.8, 4) is 0 Å². The van der Waals surface area contributed by atoms with E-state index < -0.39 is 11.2 Å². The van der Waals surface area contributed by atoms with Gasteiger partial charge < -0.3 is 19.9 Å². The van der Waals surface area contributed by atoms with E-state index in [1.165, 1.54) is 11.1 Å². The molecule has 32 heavy (non-hydrogen) atoms. The van der Waals surface area contributed by atoms with E-state index in [4.69, 9.17) is 21.6 Å². The first-order valence-electron chi connectivity index (χ1n) is 11.0. The molecule has 7 nitrogen and oxygen atoms in total. The smallest absolute Gasteiger partial charge is 0.228 e. The number of aliphatic hydroxyl groups excluding tert-OH is 1. The molecule has 2 aromatic heterocycles. The van der Waals surface area contributed by atoms with E-state index >= 15 is 0 Å². The van der Waals surface area contributed by atoms with Gasteiger partial charge in [0.15, 0.2) is 5.82 Å². The summed E-state index contributed by atoms with van der Waals surface area (Å²) in [5, 5.41) is 15.2. The number of anilines is 2. The van der Waals surface area contributed by atoms with Gasteiger partial charge in [0.1, 0.15) is 11.4 Å². The Labute approximate surface area is 194 Å². The summed E-state index contributed by atoms with van der Waals surface area (Å²) in [6.45, 7) is 1.52. The molecule has 2 aliphatic heterocycles. The zero-order chi connectivity index (χ0) is 21.9. The van der Waals surface area contributed by atoms with Crippen LogP contribution in [-0.2, 0) is 30.6 Å². The molecule has 2 N–H and O–H groups in total. The molecule has 4 heterocycles. The maximum Gasteiger partial charge on any atom is 0.228 e. The van der Waals surface area contributed by atoms with Gasteiger partial charge in [0, 0.05) is 36.1 Å². The summed E-state index contributed by atoms with van der Waals surface area (Å²) in [4.78, 5) is 17.2. The van der Waals surface area contributed by atoms with E-state index in [0.29, 0.717) is 35.5 Å². The van der Waals surface area contributed by atoms with E-state index in [1.807, 2.05) is 18.3 Å². The molecule has 0 amide bonds. The predicted molar refractivity (Wildman–Crippen MR) is 126 cm³/mol. The van der Waals surface area contributed by atoms with Gasteiger partial charge in [-0.05, 0) is 60.1 Å². The van der Waals surface area contributed by atoms with Gasteiger partial charge in [-0.2, -0.15) is 4.98 Å². The lowest BCUT2D eigenvalue weighted by molar-refractivity contribution is 0.143. The first kappa shape index (κ1) is 20.5. The monoisotopic (exact) mass is 469 g/mol. The van der Waals surface area contributed by atoms with Gasteiger partial charge in [-0.1, -0.05) is 17.7 Å². The summed E-state index contributed by atoms with van der Waals surface area (Å²) in [6.07, 6.45) is 6.35. The van der Waals surface area contributed by atoms with Gasteiger partial charge in [-0.25, -0.2) is 4.98 Å². The fourth-order valence-electron chi connectivity index (χ4n) is 4.99. The standard InChI is InChI=1S/C23H24ClN5O2S/c24-15-2-3-17-16-4-8-29(12-14(16)11-25-19(17)10-15)22-26-18-5-9-32(31)20(18)21(27-22)28-23(13-30)6-1-7-23/h2-3,10-11,30H,1,4-9,12-13H2,(H,26,27,28)/t32-/m1/s1. The van der Waals surface area contributed by atoms with Crippen LogP contribution in [0.5, 0.6) is 0 Å². The van der Waals surface area contributed by atoms with Crippen molar-refractivity contribution in [1.29, 1.82) is 0 Å². The highest BCUT2D eigenvalue weighted by Gasteiger charge is 2.41. The van der Waals surface area contributed by atoms with E-state index in [1.54, 1.807) is 0 Å². The zero-order valence-corrected chi connectivity index (χ0v) is 19.2. The minimum atomic E-state index is -1.10. The summed E-state index contributed by atoms with van der Waals surface area (Å²) in [7, 11) is 0. The van der Waals surface area contributed by atoms with Crippen molar-refractivity contribution in [3.63, 3.8) is 0 Å². The lowest BCUT2D eigenvalue weighted by Gasteiger charge is -2.41. The molecule has 0 spiro atoms. The first-order valence-corrected chi connectivity index (χ1v) is 12.7. The van der Waals surface area contributed by atoms with Crippen LogP contribution >= 0.6 is 11.6 Å². The number of aryl methyl sites for hydroxylation is 1. The molecule has 0 unspecified atom stereocenters. The molecular formula is C23H24ClN5O2S. The second kappa shape index (κ2) is 7.73. The number of pyridine rings is 1. The highest BCUT2D eigenvalue weighted by Crippen LogP contribution is 2.39. The van der Waals surface area contributed by atoms with Crippen molar-refractivity contribution in [1.82, 2.24) is 15.0 Å². The number of nitrogens with one attached hydrogen (secondary N) is 1. The van der Waals surface area contributed by atoms with Crippen molar-refractivity contribution in [2.24, 2.45) is 0 Å². The molecular weight excluding hydrogens is 446 g/mol. The van der Waals surface area contributed by atoms with Crippen LogP contribution in [0.15, 0.2) is 29.3 Å². The maximum absolute atomic E-state index is 12.7. The highest BCUT2D eigenvalue weighted by atomic mass is 35.5. The average Bonchev–Trinajstić information content (AvgIpc) is 3.16. The highest BCUT2D eigenvalue weighted by molar-refractivity contribution is 7.91. The molecule has 166 valence electrons. The Balaban J connectivity index is 1.35. The summed E-state index contributed by atoms with van der Waals surface area (Å²) in [5.41, 5.74) is 3.89. The quantitative estimate of drug-likeness (QED) is 0.566. The number of aromatic nitrogens is 3. The van der Waals surface area contributed by atoms with Crippen LogP contribution in [0, 0.1) is 0 Å². The molecule has 0 radical (unpaired) electrons. The Kier molecular flexibility index (Phi) is 4.94. The molecule has 1 saturated carbocycles. The van der Waals surface area contributed by atoms with Gasteiger partial charge >= 0.3 is 0 Å². The van der Waals surface area contributed by atoms with Gasteiger partial charge in [0.2, 0.25) is 10.8 Å². The number of aliphatic hydroxyl groups is 1. The average molecular weight is 470 g/mol. The first-order chi connectivity index (χ1) is 15.5. The Morgan fingerprint density at radius 3 is 2.91 bits per heavy atom. The molecule has 6 rings (SSSR count). The number of hydrogen-bond donors (Lipinski definition) is 2. The fourth-order valence-corrected chi connectivity index (χ4v) is 6.46. The lowest BCUT2D eigenvalue weighted by atomic mass is 9.77. The molecule has 3 aromatic rings. The molecule has 9 heteroatoms. The molecule has 0 saturated heterocycles. The van der Waals surface area contributed by atoms with E-state index in [-0.39, 0.29) is 12.1 Å². The minimum Gasteiger partial charge on any atom is -0.611 e. The van der Waals surface area contributed by atoms with Crippen molar-refractivity contribution in [2.75, 3.05) is 29.1 Å². The molecule has 0 bridgehead atoms. The van der Waals surface area contributed by atoms with Crippen LogP contribution in [0.25, 0.3) is 10.9 Å². The number of benzene rings is 1. The molecule has 1 aromatic carbocycles. The second-order valence-electron chi connectivity index (χ2n) is 8.96. The van der Waals surface area contributed by atoms with Crippen LogP contribution in [0.4, 0.5) is 11.8 Å². The molecule has 1 aliphatic carbocycles. The summed E-state index contributed by atoms with van der Waals surface area (Å²) >= 11 is 5.04. The predicted octanol–water partition coefficient (Wildman–Crippen LogP) is 3.23.